The average molecular weight is 896 g/mol. The highest BCUT2D eigenvalue weighted by atomic mass is 15.2. The Balaban J connectivity index is 1.04. The van der Waals surface area contributed by atoms with Crippen molar-refractivity contribution in [1.82, 2.24) is 0 Å². The molecule has 11 aromatic carbocycles. The van der Waals surface area contributed by atoms with Gasteiger partial charge in [-0.2, -0.15) is 0 Å². The summed E-state index contributed by atoms with van der Waals surface area (Å²) in [5, 5.41) is 0. The predicted octanol–water partition coefficient (Wildman–Crippen LogP) is 17.3. The Kier molecular flexibility index (Phi) is 7.95. The van der Waals surface area contributed by atoms with Crippen LogP contribution in [0.4, 0.5) is 34.1 Å². The molecule has 0 heterocycles. The molecule has 0 fully saturated rings. The van der Waals surface area contributed by atoms with Gasteiger partial charge >= 0.3 is 0 Å². The maximum Gasteiger partial charge on any atom is 0.0727 e. The maximum absolute atomic E-state index is 9.26. The van der Waals surface area contributed by atoms with Gasteiger partial charge in [-0.25, -0.2) is 0 Å². The summed E-state index contributed by atoms with van der Waals surface area (Å²) in [6, 6.07) is 87.0. The zero-order valence-corrected chi connectivity index (χ0v) is 38.1. The standard InChI is InChI=1S/C68H46N2/c1-6-23-47(24-7-1)67(48-25-8-2-9-26-48)61-38-21-18-35-58(61)66-62(67)39-22-40-65(66)70(51-31-14-5-15-32-51)53-42-44-57-55-34-17-20-37-60(55)68(64(57)46-53)59-36-19-16-33-54(59)56-43-41-52(45-63(56)68)69(49-27-10-3-11-28-49)50-29-12-4-13-30-50/h1-46H/i3D,10D,11D,27D,28D. The Hall–Kier alpha value is -8.98. The Labute approximate surface area is 416 Å². The monoisotopic (exact) mass is 895 g/mol. The quantitative estimate of drug-likeness (QED) is 0.150. The van der Waals surface area contributed by atoms with Gasteiger partial charge in [0, 0.05) is 34.0 Å². The van der Waals surface area contributed by atoms with Gasteiger partial charge in [-0.3, -0.25) is 0 Å². The van der Waals surface area contributed by atoms with Crippen molar-refractivity contribution >= 4 is 34.1 Å². The summed E-state index contributed by atoms with van der Waals surface area (Å²) in [4.78, 5) is 4.26. The van der Waals surface area contributed by atoms with Crippen molar-refractivity contribution in [3.8, 4) is 33.4 Å². The summed E-state index contributed by atoms with van der Waals surface area (Å²) in [7, 11) is 0. The first-order chi connectivity index (χ1) is 36.8. The molecule has 0 bridgehead atoms. The van der Waals surface area contributed by atoms with Crippen molar-refractivity contribution in [2.24, 2.45) is 0 Å². The van der Waals surface area contributed by atoms with Crippen LogP contribution in [0, 0.1) is 0 Å². The number of fused-ring (bicyclic) bond motifs is 13. The minimum Gasteiger partial charge on any atom is -0.310 e. The summed E-state index contributed by atoms with van der Waals surface area (Å²) < 4.78 is 44.6. The van der Waals surface area contributed by atoms with Crippen molar-refractivity contribution in [2.45, 2.75) is 10.8 Å². The van der Waals surface area contributed by atoms with E-state index in [1.165, 1.54) is 33.4 Å². The van der Waals surface area contributed by atoms with Gasteiger partial charge in [-0.1, -0.05) is 212 Å². The fourth-order valence-corrected chi connectivity index (χ4v) is 12.4. The summed E-state index contributed by atoms with van der Waals surface area (Å²) in [6.45, 7) is 0. The number of anilines is 6. The van der Waals surface area contributed by atoms with Gasteiger partial charge in [0.25, 0.3) is 0 Å². The van der Waals surface area contributed by atoms with Crippen LogP contribution in [0.1, 0.15) is 51.4 Å². The first-order valence-electron chi connectivity index (χ1n) is 26.4. The number of para-hydroxylation sites is 3. The van der Waals surface area contributed by atoms with Crippen LogP contribution in [0.15, 0.2) is 279 Å². The number of hydrogen-bond donors (Lipinski definition) is 0. The van der Waals surface area contributed by atoms with E-state index in [0.717, 1.165) is 61.6 Å². The van der Waals surface area contributed by atoms with Crippen molar-refractivity contribution in [2.75, 3.05) is 9.80 Å². The molecule has 2 nitrogen and oxygen atoms in total. The normalized spacial score (nSPS) is 16.0. The molecule has 0 aliphatic heterocycles. The van der Waals surface area contributed by atoms with E-state index in [9.17, 15) is 2.74 Å². The van der Waals surface area contributed by atoms with E-state index < -0.39 is 16.9 Å². The second-order valence-electron chi connectivity index (χ2n) is 18.3. The van der Waals surface area contributed by atoms with Crippen LogP contribution in [-0.4, -0.2) is 0 Å². The average Bonchev–Trinajstić information content (AvgIpc) is 4.29. The molecular weight excluding hydrogens is 845 g/mol. The zero-order chi connectivity index (χ0) is 50.6. The molecule has 1 atom stereocenters. The third-order valence-corrected chi connectivity index (χ3v) is 15.0. The van der Waals surface area contributed by atoms with Crippen LogP contribution in [-0.2, 0) is 10.8 Å². The van der Waals surface area contributed by atoms with Gasteiger partial charge in [0.05, 0.1) is 23.4 Å². The molecule has 3 aliphatic rings. The Morgan fingerprint density at radius 2 is 0.686 bits per heavy atom. The molecular formula is C68H46N2. The Morgan fingerprint density at radius 1 is 0.271 bits per heavy atom. The molecule has 0 aromatic heterocycles. The van der Waals surface area contributed by atoms with Crippen LogP contribution in [0.3, 0.4) is 0 Å². The first-order valence-corrected chi connectivity index (χ1v) is 23.9. The second kappa shape index (κ2) is 15.8. The predicted molar refractivity (Wildman–Crippen MR) is 289 cm³/mol. The fraction of sp³-hybridized carbons (Fsp3) is 0.0294. The third-order valence-electron chi connectivity index (χ3n) is 15.0. The molecule has 2 heteroatoms. The zero-order valence-electron chi connectivity index (χ0n) is 43.1. The van der Waals surface area contributed by atoms with Crippen LogP contribution >= 0.6 is 0 Å². The van der Waals surface area contributed by atoms with Crippen LogP contribution in [0.2, 0.25) is 0 Å². The van der Waals surface area contributed by atoms with Gasteiger partial charge in [0.15, 0.2) is 0 Å². The molecule has 70 heavy (non-hydrogen) atoms. The minimum absolute atomic E-state index is 0.0882. The second-order valence-corrected chi connectivity index (χ2v) is 18.3. The molecule has 1 unspecified atom stereocenters. The lowest BCUT2D eigenvalue weighted by Gasteiger charge is -2.35. The molecule has 0 saturated heterocycles. The van der Waals surface area contributed by atoms with Crippen LogP contribution < -0.4 is 9.80 Å². The van der Waals surface area contributed by atoms with E-state index in [4.69, 9.17) is 4.11 Å². The van der Waals surface area contributed by atoms with E-state index in [0.29, 0.717) is 11.4 Å². The molecule has 3 aliphatic carbocycles. The Bertz CT molecular complexity index is 4010. The third kappa shape index (κ3) is 5.62. The minimum atomic E-state index is -0.810. The topological polar surface area (TPSA) is 6.48 Å². The number of hydrogen-bond acceptors (Lipinski definition) is 2. The van der Waals surface area contributed by atoms with Crippen molar-refractivity contribution in [1.29, 1.82) is 0 Å². The number of nitrogens with zero attached hydrogens (tertiary/aromatic N) is 2. The number of benzene rings is 11. The van der Waals surface area contributed by atoms with E-state index in [2.05, 4.69) is 217 Å². The van der Waals surface area contributed by atoms with Crippen molar-refractivity contribution in [3.63, 3.8) is 0 Å². The lowest BCUT2D eigenvalue weighted by molar-refractivity contribution is 0.768. The van der Waals surface area contributed by atoms with E-state index >= 15 is 0 Å². The number of rotatable bonds is 8. The van der Waals surface area contributed by atoms with E-state index in [-0.39, 0.29) is 29.9 Å². The van der Waals surface area contributed by atoms with Gasteiger partial charge < -0.3 is 9.80 Å². The van der Waals surface area contributed by atoms with E-state index in [1.807, 2.05) is 41.3 Å². The maximum atomic E-state index is 9.26. The Morgan fingerprint density at radius 3 is 1.23 bits per heavy atom. The highest BCUT2D eigenvalue weighted by molar-refractivity contribution is 6.00. The molecule has 0 N–H and O–H groups in total. The van der Waals surface area contributed by atoms with Crippen molar-refractivity contribution in [3.05, 3.63) is 323 Å². The summed E-state index contributed by atoms with van der Waals surface area (Å²) in [5.41, 5.74) is 19.4. The van der Waals surface area contributed by atoms with Crippen LogP contribution in [0.25, 0.3) is 33.4 Å². The molecule has 0 radical (unpaired) electrons. The van der Waals surface area contributed by atoms with Gasteiger partial charge in [-0.15, -0.1) is 0 Å². The lowest BCUT2D eigenvalue weighted by Crippen LogP contribution is -2.28. The van der Waals surface area contributed by atoms with Gasteiger partial charge in [0.1, 0.15) is 0 Å². The first kappa shape index (κ1) is 35.2. The highest BCUT2D eigenvalue weighted by Crippen LogP contribution is 2.65. The summed E-state index contributed by atoms with van der Waals surface area (Å²) in [6.07, 6.45) is 0. The molecule has 328 valence electrons. The fourth-order valence-electron chi connectivity index (χ4n) is 12.4. The molecule has 1 spiro atoms. The van der Waals surface area contributed by atoms with Gasteiger partial charge in [-0.05, 0) is 139 Å². The SMILES string of the molecule is [2H]c1c([2H])c([2H])c(N(c2ccccc2)c2ccc3c(c2)C2(c4ccccc4-c4ccc(N(c5ccccc5)c5cccc6c5-c5ccccc5C6(c5ccccc5)c5ccccc5)cc42)c2ccccc2-3)c([2H])c1[2H]. The summed E-state index contributed by atoms with van der Waals surface area (Å²) >= 11 is 0. The van der Waals surface area contributed by atoms with E-state index in [1.54, 1.807) is 0 Å². The highest BCUT2D eigenvalue weighted by Gasteiger charge is 2.52. The molecule has 0 saturated carbocycles. The molecule has 0 amide bonds. The molecule has 14 rings (SSSR count). The van der Waals surface area contributed by atoms with Gasteiger partial charge in [0.2, 0.25) is 0 Å². The lowest BCUT2D eigenvalue weighted by atomic mass is 9.68. The summed E-state index contributed by atoms with van der Waals surface area (Å²) in [5.74, 6) is 0. The van der Waals surface area contributed by atoms with Crippen molar-refractivity contribution < 1.29 is 6.85 Å². The molecule has 11 aromatic rings. The largest absolute Gasteiger partial charge is 0.310 e. The smallest absolute Gasteiger partial charge is 0.0727 e. The van der Waals surface area contributed by atoms with Crippen LogP contribution in [0.5, 0.6) is 0 Å².